The molecule has 1 saturated heterocycles. The van der Waals surface area contributed by atoms with Crippen LogP contribution in [0, 0.1) is 6.92 Å². The van der Waals surface area contributed by atoms with Crippen molar-refractivity contribution in [3.8, 4) is 0 Å². The third-order valence-electron chi connectivity index (χ3n) is 4.38. The topological polar surface area (TPSA) is 88.8 Å². The fourth-order valence-electron chi connectivity index (χ4n) is 2.83. The Labute approximate surface area is 153 Å². The number of carbonyl (C=O) groups is 1. The Morgan fingerprint density at radius 3 is 2.62 bits per heavy atom. The molecule has 2 aromatic rings. The molecule has 140 valence electrons. The number of aryl methyl sites for hydroxylation is 1. The molecule has 1 aliphatic heterocycles. The lowest BCUT2D eigenvalue weighted by molar-refractivity contribution is 0.0730. The molecule has 0 spiro atoms. The van der Waals surface area contributed by atoms with Crippen molar-refractivity contribution < 1.29 is 22.4 Å². The maximum absolute atomic E-state index is 12.8. The fourth-order valence-corrected chi connectivity index (χ4v) is 4.26. The average Bonchev–Trinajstić information content (AvgIpc) is 3.17. The van der Waals surface area contributed by atoms with Crippen molar-refractivity contribution in [2.45, 2.75) is 24.8 Å². The first-order chi connectivity index (χ1) is 12.4. The normalized spacial score (nSPS) is 17.0. The molecule has 0 bridgehead atoms. The van der Waals surface area contributed by atoms with Crippen molar-refractivity contribution in [1.82, 2.24) is 9.62 Å². The van der Waals surface area contributed by atoms with Gasteiger partial charge in [-0.05, 0) is 43.7 Å². The molecule has 1 N–H and O–H groups in total. The number of benzene rings is 1. The fraction of sp³-hybridized carbons (Fsp3) is 0.389. The molecule has 1 aromatic heterocycles. The van der Waals surface area contributed by atoms with Crippen molar-refractivity contribution in [2.24, 2.45) is 0 Å². The first kappa shape index (κ1) is 18.6. The highest BCUT2D eigenvalue weighted by Gasteiger charge is 2.27. The molecule has 3 rings (SSSR count). The Bertz CT molecular complexity index is 871. The number of hydrogen-bond acceptors (Lipinski definition) is 5. The quantitative estimate of drug-likeness (QED) is 0.861. The molecular weight excluding hydrogens is 356 g/mol. The lowest BCUT2D eigenvalue weighted by atomic mass is 10.1. The van der Waals surface area contributed by atoms with Crippen molar-refractivity contribution in [3.05, 3.63) is 53.5 Å². The second kappa shape index (κ2) is 7.61. The van der Waals surface area contributed by atoms with E-state index in [1.165, 1.54) is 16.4 Å². The van der Waals surface area contributed by atoms with Crippen LogP contribution in [0.15, 0.2) is 45.9 Å². The first-order valence-electron chi connectivity index (χ1n) is 8.42. The molecule has 1 fully saturated rings. The SMILES string of the molecule is Cc1ccc(S(=O)(=O)N2CCOCC2)cc1C(=O)N[C@H](C)c1ccco1. The number of nitrogens with zero attached hydrogens (tertiary/aromatic N) is 1. The molecule has 2 heterocycles. The van der Waals surface area contributed by atoms with Gasteiger partial charge in [0.15, 0.2) is 0 Å². The molecule has 0 saturated carbocycles. The van der Waals surface area contributed by atoms with Gasteiger partial charge in [-0.15, -0.1) is 0 Å². The largest absolute Gasteiger partial charge is 0.467 e. The highest BCUT2D eigenvalue weighted by atomic mass is 32.2. The van der Waals surface area contributed by atoms with Crippen molar-refractivity contribution in [2.75, 3.05) is 26.3 Å². The van der Waals surface area contributed by atoms with E-state index in [0.717, 1.165) is 0 Å². The number of carbonyl (C=O) groups excluding carboxylic acids is 1. The Kier molecular flexibility index (Phi) is 5.45. The van der Waals surface area contributed by atoms with Crippen LogP contribution < -0.4 is 5.32 Å². The van der Waals surface area contributed by atoms with Crippen molar-refractivity contribution >= 4 is 15.9 Å². The van der Waals surface area contributed by atoms with E-state index in [0.29, 0.717) is 43.2 Å². The zero-order chi connectivity index (χ0) is 18.7. The summed E-state index contributed by atoms with van der Waals surface area (Å²) in [6, 6.07) is 7.82. The number of rotatable bonds is 5. The van der Waals surface area contributed by atoms with Crippen LogP contribution in [0.5, 0.6) is 0 Å². The third-order valence-corrected chi connectivity index (χ3v) is 6.27. The number of ether oxygens (including phenoxy) is 1. The molecule has 0 radical (unpaired) electrons. The minimum Gasteiger partial charge on any atom is -0.467 e. The second-order valence-corrected chi connectivity index (χ2v) is 8.14. The van der Waals surface area contributed by atoms with Crippen LogP contribution in [0.1, 0.15) is 34.6 Å². The van der Waals surface area contributed by atoms with Crippen molar-refractivity contribution in [3.63, 3.8) is 0 Å². The van der Waals surface area contributed by atoms with E-state index in [2.05, 4.69) is 5.32 Å². The highest BCUT2D eigenvalue weighted by Crippen LogP contribution is 2.21. The van der Waals surface area contributed by atoms with Gasteiger partial charge in [-0.25, -0.2) is 8.42 Å². The summed E-state index contributed by atoms with van der Waals surface area (Å²) in [4.78, 5) is 12.8. The van der Waals surface area contributed by atoms with Gasteiger partial charge in [-0.2, -0.15) is 4.31 Å². The Morgan fingerprint density at radius 1 is 1.23 bits per heavy atom. The first-order valence-corrected chi connectivity index (χ1v) is 9.86. The van der Waals surface area contributed by atoms with Crippen LogP contribution in [-0.4, -0.2) is 44.9 Å². The molecule has 26 heavy (non-hydrogen) atoms. The molecule has 0 aliphatic carbocycles. The summed E-state index contributed by atoms with van der Waals surface area (Å²) in [5, 5.41) is 2.84. The van der Waals surface area contributed by atoms with Crippen LogP contribution in [0.2, 0.25) is 0 Å². The number of hydrogen-bond donors (Lipinski definition) is 1. The van der Waals surface area contributed by atoms with Gasteiger partial charge in [0, 0.05) is 18.7 Å². The van der Waals surface area contributed by atoms with Crippen LogP contribution in [0.4, 0.5) is 0 Å². The van der Waals surface area contributed by atoms with E-state index < -0.39 is 10.0 Å². The molecular formula is C18H22N2O5S. The summed E-state index contributed by atoms with van der Waals surface area (Å²) < 4.78 is 37.5. The van der Waals surface area contributed by atoms with E-state index in [1.54, 1.807) is 38.3 Å². The molecule has 0 unspecified atom stereocenters. The van der Waals surface area contributed by atoms with Gasteiger partial charge in [-0.3, -0.25) is 4.79 Å². The summed E-state index contributed by atoms with van der Waals surface area (Å²) in [7, 11) is -3.65. The van der Waals surface area contributed by atoms with Crippen LogP contribution >= 0.6 is 0 Å². The zero-order valence-electron chi connectivity index (χ0n) is 14.8. The number of furan rings is 1. The van der Waals surface area contributed by atoms with E-state index in [4.69, 9.17) is 9.15 Å². The predicted molar refractivity (Wildman–Crippen MR) is 95.3 cm³/mol. The van der Waals surface area contributed by atoms with Crippen LogP contribution in [0.3, 0.4) is 0 Å². The number of sulfonamides is 1. The molecule has 1 amide bonds. The predicted octanol–water partition coefficient (Wildman–Crippen LogP) is 2.10. The van der Waals surface area contributed by atoms with E-state index >= 15 is 0 Å². The smallest absolute Gasteiger partial charge is 0.252 e. The molecule has 7 nitrogen and oxygen atoms in total. The lowest BCUT2D eigenvalue weighted by Crippen LogP contribution is -2.40. The third kappa shape index (κ3) is 3.82. The van der Waals surface area contributed by atoms with E-state index in [-0.39, 0.29) is 16.8 Å². The molecule has 8 heteroatoms. The minimum absolute atomic E-state index is 0.112. The Morgan fingerprint density at radius 2 is 1.96 bits per heavy atom. The van der Waals surface area contributed by atoms with Gasteiger partial charge < -0.3 is 14.5 Å². The standard InChI is InChI=1S/C18H22N2O5S/c1-13-5-6-15(26(22,23)20-7-10-24-11-8-20)12-16(13)18(21)19-14(2)17-4-3-9-25-17/h3-6,9,12,14H,7-8,10-11H2,1-2H3,(H,19,21)/t14-/m1/s1. The number of nitrogens with one attached hydrogen (secondary N) is 1. The Hall–Kier alpha value is -2.16. The second-order valence-electron chi connectivity index (χ2n) is 6.20. The van der Waals surface area contributed by atoms with E-state index in [9.17, 15) is 13.2 Å². The van der Waals surface area contributed by atoms with Crippen LogP contribution in [-0.2, 0) is 14.8 Å². The lowest BCUT2D eigenvalue weighted by Gasteiger charge is -2.26. The van der Waals surface area contributed by atoms with Gasteiger partial charge >= 0.3 is 0 Å². The zero-order valence-corrected chi connectivity index (χ0v) is 15.6. The molecule has 1 aromatic carbocycles. The summed E-state index contributed by atoms with van der Waals surface area (Å²) in [6.07, 6.45) is 1.54. The number of amides is 1. The summed E-state index contributed by atoms with van der Waals surface area (Å²) >= 11 is 0. The van der Waals surface area contributed by atoms with Gasteiger partial charge in [0.2, 0.25) is 10.0 Å². The molecule has 1 atom stereocenters. The number of morpholine rings is 1. The minimum atomic E-state index is -3.65. The maximum atomic E-state index is 12.8. The van der Waals surface area contributed by atoms with Gasteiger partial charge in [-0.1, -0.05) is 6.07 Å². The average molecular weight is 378 g/mol. The summed E-state index contributed by atoms with van der Waals surface area (Å²) in [5.74, 6) is 0.290. The maximum Gasteiger partial charge on any atom is 0.252 e. The van der Waals surface area contributed by atoms with Crippen molar-refractivity contribution in [1.29, 1.82) is 0 Å². The highest BCUT2D eigenvalue weighted by molar-refractivity contribution is 7.89. The molecule has 1 aliphatic rings. The summed E-state index contributed by atoms with van der Waals surface area (Å²) in [5.41, 5.74) is 1.04. The van der Waals surface area contributed by atoms with Gasteiger partial charge in [0.1, 0.15) is 5.76 Å². The Balaban J connectivity index is 1.84. The van der Waals surface area contributed by atoms with Gasteiger partial charge in [0.05, 0.1) is 30.4 Å². The van der Waals surface area contributed by atoms with E-state index in [1.807, 2.05) is 0 Å². The van der Waals surface area contributed by atoms with Gasteiger partial charge in [0.25, 0.3) is 5.91 Å². The monoisotopic (exact) mass is 378 g/mol. The summed E-state index contributed by atoms with van der Waals surface area (Å²) in [6.45, 7) is 4.96. The van der Waals surface area contributed by atoms with Crippen LogP contribution in [0.25, 0.3) is 0 Å².